The first kappa shape index (κ1) is 17.4. The number of thiazole rings is 1. The summed E-state index contributed by atoms with van der Waals surface area (Å²) in [5.74, 6) is 0. The standard InChI is InChI=1S/C17H23N3O2S/c1-17(2,3)22-16(21)19-9-14-6-4-13(5-7-14)8-18-10-15-11-23-12-20-15/h4-7,11-12,18H,8-10H2,1-3H3,(H,19,21). The van der Waals surface area contributed by atoms with E-state index >= 15 is 0 Å². The number of hydrogen-bond acceptors (Lipinski definition) is 5. The number of hydrogen-bond donors (Lipinski definition) is 2. The Kier molecular flexibility index (Phi) is 6.12. The van der Waals surface area contributed by atoms with Gasteiger partial charge in [-0.2, -0.15) is 0 Å². The second-order valence-electron chi connectivity index (χ2n) is 6.26. The van der Waals surface area contributed by atoms with E-state index in [0.29, 0.717) is 6.54 Å². The van der Waals surface area contributed by atoms with Crippen molar-refractivity contribution in [3.63, 3.8) is 0 Å². The van der Waals surface area contributed by atoms with Crippen LogP contribution in [0.15, 0.2) is 35.2 Å². The normalized spacial score (nSPS) is 11.3. The first-order valence-electron chi connectivity index (χ1n) is 7.55. The molecule has 23 heavy (non-hydrogen) atoms. The SMILES string of the molecule is CC(C)(C)OC(=O)NCc1ccc(CNCc2cscn2)cc1. The number of nitrogens with zero attached hydrogens (tertiary/aromatic N) is 1. The van der Waals surface area contributed by atoms with Crippen LogP contribution in [-0.2, 0) is 24.4 Å². The zero-order chi connectivity index (χ0) is 16.7. The van der Waals surface area contributed by atoms with Crippen LogP contribution in [0, 0.1) is 0 Å². The van der Waals surface area contributed by atoms with E-state index in [2.05, 4.69) is 27.8 Å². The van der Waals surface area contributed by atoms with E-state index in [1.807, 2.05) is 43.8 Å². The number of rotatable bonds is 6. The zero-order valence-electron chi connectivity index (χ0n) is 13.8. The minimum Gasteiger partial charge on any atom is -0.444 e. The number of amides is 1. The van der Waals surface area contributed by atoms with Crippen molar-refractivity contribution in [2.75, 3.05) is 0 Å². The third-order valence-electron chi connectivity index (χ3n) is 2.98. The Balaban J connectivity index is 1.72. The van der Waals surface area contributed by atoms with Crippen molar-refractivity contribution in [2.45, 2.75) is 46.0 Å². The minimum atomic E-state index is -0.475. The second kappa shape index (κ2) is 8.08. The van der Waals surface area contributed by atoms with Gasteiger partial charge in [-0.05, 0) is 31.9 Å². The average molecular weight is 333 g/mol. The summed E-state index contributed by atoms with van der Waals surface area (Å²) < 4.78 is 5.21. The molecule has 1 aromatic carbocycles. The molecule has 1 heterocycles. The fourth-order valence-electron chi connectivity index (χ4n) is 1.92. The minimum absolute atomic E-state index is 0.397. The Morgan fingerprint density at radius 2 is 1.78 bits per heavy atom. The van der Waals surface area contributed by atoms with Crippen LogP contribution >= 0.6 is 11.3 Å². The highest BCUT2D eigenvalue weighted by molar-refractivity contribution is 7.07. The highest BCUT2D eigenvalue weighted by atomic mass is 32.1. The maximum atomic E-state index is 11.6. The fraction of sp³-hybridized carbons (Fsp3) is 0.412. The van der Waals surface area contributed by atoms with Crippen LogP contribution in [0.1, 0.15) is 37.6 Å². The Morgan fingerprint density at radius 3 is 2.35 bits per heavy atom. The van der Waals surface area contributed by atoms with Crippen molar-refractivity contribution >= 4 is 17.4 Å². The number of alkyl carbamates (subject to hydrolysis) is 1. The summed E-state index contributed by atoms with van der Waals surface area (Å²) in [4.78, 5) is 15.8. The van der Waals surface area contributed by atoms with Crippen molar-refractivity contribution in [3.05, 3.63) is 52.0 Å². The molecule has 6 heteroatoms. The molecule has 0 aliphatic rings. The molecule has 0 saturated carbocycles. The molecular formula is C17H23N3O2S. The van der Waals surface area contributed by atoms with E-state index in [1.165, 1.54) is 5.56 Å². The molecule has 1 amide bonds. The smallest absolute Gasteiger partial charge is 0.407 e. The lowest BCUT2D eigenvalue weighted by atomic mass is 10.1. The van der Waals surface area contributed by atoms with E-state index in [0.717, 1.165) is 24.3 Å². The van der Waals surface area contributed by atoms with Gasteiger partial charge in [0.2, 0.25) is 0 Å². The van der Waals surface area contributed by atoms with Crippen LogP contribution in [0.2, 0.25) is 0 Å². The van der Waals surface area contributed by atoms with Crippen LogP contribution in [0.4, 0.5) is 4.79 Å². The molecule has 2 rings (SSSR count). The van der Waals surface area contributed by atoms with Gasteiger partial charge in [0.1, 0.15) is 5.60 Å². The topological polar surface area (TPSA) is 63.2 Å². The summed E-state index contributed by atoms with van der Waals surface area (Å²) in [6, 6.07) is 8.13. The molecule has 124 valence electrons. The van der Waals surface area contributed by atoms with E-state index in [-0.39, 0.29) is 0 Å². The third-order valence-corrected chi connectivity index (χ3v) is 3.61. The molecule has 0 atom stereocenters. The molecular weight excluding hydrogens is 310 g/mol. The van der Waals surface area contributed by atoms with Crippen molar-refractivity contribution in [1.29, 1.82) is 0 Å². The van der Waals surface area contributed by atoms with Gasteiger partial charge in [-0.1, -0.05) is 24.3 Å². The molecule has 0 radical (unpaired) electrons. The molecule has 0 aliphatic carbocycles. The van der Waals surface area contributed by atoms with Gasteiger partial charge in [-0.15, -0.1) is 11.3 Å². The average Bonchev–Trinajstić information content (AvgIpc) is 2.98. The van der Waals surface area contributed by atoms with Crippen LogP contribution in [0.3, 0.4) is 0 Å². The summed E-state index contributed by atoms with van der Waals surface area (Å²) in [7, 11) is 0. The first-order chi connectivity index (χ1) is 10.9. The number of ether oxygens (including phenoxy) is 1. The molecule has 0 spiro atoms. The predicted molar refractivity (Wildman–Crippen MR) is 92.2 cm³/mol. The van der Waals surface area contributed by atoms with Gasteiger partial charge in [-0.25, -0.2) is 9.78 Å². The number of carbonyl (C=O) groups is 1. The van der Waals surface area contributed by atoms with Crippen LogP contribution in [0.25, 0.3) is 0 Å². The Hall–Kier alpha value is -1.92. The Labute approximate surface area is 141 Å². The van der Waals surface area contributed by atoms with Gasteiger partial charge >= 0.3 is 6.09 Å². The summed E-state index contributed by atoms with van der Waals surface area (Å²) in [6.07, 6.45) is -0.397. The molecule has 0 unspecified atom stereocenters. The number of aromatic nitrogens is 1. The summed E-state index contributed by atoms with van der Waals surface area (Å²) in [6.45, 7) is 7.56. The molecule has 0 fully saturated rings. The molecule has 5 nitrogen and oxygen atoms in total. The molecule has 0 bridgehead atoms. The highest BCUT2D eigenvalue weighted by Gasteiger charge is 2.15. The maximum Gasteiger partial charge on any atom is 0.407 e. The van der Waals surface area contributed by atoms with Gasteiger partial charge in [0.05, 0.1) is 11.2 Å². The quantitative estimate of drug-likeness (QED) is 0.850. The van der Waals surface area contributed by atoms with E-state index in [1.54, 1.807) is 11.3 Å². The van der Waals surface area contributed by atoms with Crippen LogP contribution < -0.4 is 10.6 Å². The number of carbonyl (C=O) groups excluding carboxylic acids is 1. The first-order valence-corrected chi connectivity index (χ1v) is 8.49. The number of nitrogens with one attached hydrogen (secondary N) is 2. The Bertz CT molecular complexity index is 604. The predicted octanol–water partition coefficient (Wildman–Crippen LogP) is 3.46. The molecule has 2 N–H and O–H groups in total. The van der Waals surface area contributed by atoms with Gasteiger partial charge < -0.3 is 15.4 Å². The highest BCUT2D eigenvalue weighted by Crippen LogP contribution is 2.08. The monoisotopic (exact) mass is 333 g/mol. The molecule has 2 aromatic rings. The summed E-state index contributed by atoms with van der Waals surface area (Å²) in [5.41, 5.74) is 4.66. The lowest BCUT2D eigenvalue weighted by Gasteiger charge is -2.19. The van der Waals surface area contributed by atoms with Crippen molar-refractivity contribution in [1.82, 2.24) is 15.6 Å². The lowest BCUT2D eigenvalue weighted by Crippen LogP contribution is -2.32. The summed E-state index contributed by atoms with van der Waals surface area (Å²) in [5, 5.41) is 8.15. The van der Waals surface area contributed by atoms with Gasteiger partial charge in [0, 0.05) is 25.0 Å². The van der Waals surface area contributed by atoms with Crippen molar-refractivity contribution in [3.8, 4) is 0 Å². The third kappa shape index (κ3) is 6.80. The molecule has 0 saturated heterocycles. The van der Waals surface area contributed by atoms with E-state index in [9.17, 15) is 4.79 Å². The zero-order valence-corrected chi connectivity index (χ0v) is 14.6. The molecule has 1 aromatic heterocycles. The van der Waals surface area contributed by atoms with E-state index in [4.69, 9.17) is 4.74 Å². The second-order valence-corrected chi connectivity index (χ2v) is 6.97. The van der Waals surface area contributed by atoms with Crippen LogP contribution in [-0.4, -0.2) is 16.7 Å². The lowest BCUT2D eigenvalue weighted by molar-refractivity contribution is 0.0523. The van der Waals surface area contributed by atoms with E-state index < -0.39 is 11.7 Å². The van der Waals surface area contributed by atoms with Gasteiger partial charge in [-0.3, -0.25) is 0 Å². The van der Waals surface area contributed by atoms with Crippen molar-refractivity contribution in [2.24, 2.45) is 0 Å². The van der Waals surface area contributed by atoms with Crippen LogP contribution in [0.5, 0.6) is 0 Å². The van der Waals surface area contributed by atoms with Crippen molar-refractivity contribution < 1.29 is 9.53 Å². The molecule has 0 aliphatic heterocycles. The van der Waals surface area contributed by atoms with Gasteiger partial charge in [0.25, 0.3) is 0 Å². The number of benzene rings is 1. The van der Waals surface area contributed by atoms with Gasteiger partial charge in [0.15, 0.2) is 0 Å². The largest absolute Gasteiger partial charge is 0.444 e. The summed E-state index contributed by atoms with van der Waals surface area (Å²) >= 11 is 1.60. The fourth-order valence-corrected chi connectivity index (χ4v) is 2.48. The Morgan fingerprint density at radius 1 is 1.13 bits per heavy atom. The maximum absolute atomic E-state index is 11.6.